The fourth-order valence-corrected chi connectivity index (χ4v) is 2.81. The summed E-state index contributed by atoms with van der Waals surface area (Å²) in [7, 11) is 0. The summed E-state index contributed by atoms with van der Waals surface area (Å²) in [6.45, 7) is 0. The largest absolute Gasteiger partial charge is 0.420 e. The molecule has 0 aliphatic carbocycles. The molecule has 31 heavy (non-hydrogen) atoms. The minimum absolute atomic E-state index is 0.0816. The van der Waals surface area contributed by atoms with Crippen LogP contribution in [0.15, 0.2) is 61.1 Å². The van der Waals surface area contributed by atoms with Gasteiger partial charge in [0.25, 0.3) is 0 Å². The first-order valence-electron chi connectivity index (χ1n) is 8.68. The lowest BCUT2D eigenvalue weighted by Crippen LogP contribution is -2.11. The molecule has 0 fully saturated rings. The van der Waals surface area contributed by atoms with Crippen molar-refractivity contribution in [2.75, 3.05) is 0 Å². The minimum Gasteiger partial charge on any atom is -0.263 e. The van der Waals surface area contributed by atoms with E-state index in [1.54, 1.807) is 18.3 Å². The number of hydrogen-bond donors (Lipinski definition) is 0. The van der Waals surface area contributed by atoms with Crippen molar-refractivity contribution < 1.29 is 26.3 Å². The number of halogens is 6. The minimum atomic E-state index is -4.76. The van der Waals surface area contributed by atoms with E-state index < -0.39 is 29.1 Å². The topological polar surface area (TPSA) is 43.1 Å². The van der Waals surface area contributed by atoms with E-state index in [4.69, 9.17) is 0 Å². The van der Waals surface area contributed by atoms with E-state index in [-0.39, 0.29) is 17.0 Å². The first kappa shape index (κ1) is 20.4. The van der Waals surface area contributed by atoms with Crippen molar-refractivity contribution in [2.45, 2.75) is 12.4 Å². The molecular formula is C21H10F6N4. The van der Waals surface area contributed by atoms with Gasteiger partial charge in [-0.1, -0.05) is 18.1 Å². The van der Waals surface area contributed by atoms with Crippen LogP contribution in [0.5, 0.6) is 0 Å². The summed E-state index contributed by atoms with van der Waals surface area (Å²) in [5.74, 6) is 5.46. The molecule has 4 nitrogen and oxygen atoms in total. The van der Waals surface area contributed by atoms with Gasteiger partial charge in [-0.3, -0.25) is 4.98 Å². The van der Waals surface area contributed by atoms with E-state index in [2.05, 4.69) is 26.9 Å². The number of rotatable bonds is 1. The third kappa shape index (κ3) is 4.21. The number of alkyl halides is 6. The Balaban J connectivity index is 1.86. The molecule has 0 aliphatic heterocycles. The Morgan fingerprint density at radius 2 is 1.58 bits per heavy atom. The smallest absolute Gasteiger partial charge is 0.263 e. The Hall–Kier alpha value is -3.87. The highest BCUT2D eigenvalue weighted by atomic mass is 19.4. The van der Waals surface area contributed by atoms with Crippen molar-refractivity contribution in [1.82, 2.24) is 19.6 Å². The van der Waals surface area contributed by atoms with Crippen LogP contribution in [-0.2, 0) is 12.4 Å². The summed E-state index contributed by atoms with van der Waals surface area (Å²) in [6.07, 6.45) is -5.14. The summed E-state index contributed by atoms with van der Waals surface area (Å²) in [4.78, 5) is 7.69. The first-order chi connectivity index (χ1) is 14.6. The molecule has 0 N–H and O–H groups in total. The van der Waals surface area contributed by atoms with Gasteiger partial charge in [0.15, 0.2) is 5.65 Å². The second-order valence-electron chi connectivity index (χ2n) is 6.39. The molecule has 1 aromatic carbocycles. The average Bonchev–Trinajstić information content (AvgIpc) is 3.14. The molecule has 0 bridgehead atoms. The number of hydrogen-bond acceptors (Lipinski definition) is 3. The molecule has 0 atom stereocenters. The van der Waals surface area contributed by atoms with Crippen LogP contribution in [0.4, 0.5) is 26.3 Å². The lowest BCUT2D eigenvalue weighted by Gasteiger charge is -2.11. The molecular weight excluding hydrogens is 422 g/mol. The quantitative estimate of drug-likeness (QED) is 0.306. The summed E-state index contributed by atoms with van der Waals surface area (Å²) >= 11 is 0. The van der Waals surface area contributed by atoms with Crippen LogP contribution >= 0.6 is 0 Å². The van der Waals surface area contributed by atoms with Gasteiger partial charge >= 0.3 is 12.4 Å². The fraction of sp³-hybridized carbons (Fsp3) is 0.0952. The van der Waals surface area contributed by atoms with E-state index in [0.717, 1.165) is 41.0 Å². The normalized spacial score (nSPS) is 11.9. The van der Waals surface area contributed by atoms with Gasteiger partial charge in [0.1, 0.15) is 11.3 Å². The third-order valence-corrected chi connectivity index (χ3v) is 4.28. The van der Waals surface area contributed by atoms with Gasteiger partial charge in [0.2, 0.25) is 0 Å². The van der Waals surface area contributed by atoms with Crippen LogP contribution in [0, 0.1) is 11.8 Å². The van der Waals surface area contributed by atoms with Gasteiger partial charge < -0.3 is 0 Å². The van der Waals surface area contributed by atoms with Crippen molar-refractivity contribution in [1.29, 1.82) is 0 Å². The van der Waals surface area contributed by atoms with Crippen LogP contribution in [0.1, 0.15) is 22.4 Å². The number of aromatic nitrogens is 4. The zero-order chi connectivity index (χ0) is 22.2. The predicted molar refractivity (Wildman–Crippen MR) is 98.6 cm³/mol. The number of benzene rings is 1. The number of imidazole rings is 1. The van der Waals surface area contributed by atoms with Gasteiger partial charge in [0, 0.05) is 23.5 Å². The molecule has 0 amide bonds. The van der Waals surface area contributed by atoms with Crippen LogP contribution in [0.2, 0.25) is 0 Å². The van der Waals surface area contributed by atoms with Gasteiger partial charge in [-0.25, -0.2) is 9.50 Å². The SMILES string of the molecule is FC(F)(F)c1ccc(-c2cc(C(F)(F)F)c3ncc(C#Cc4cccnc4)n3n2)cc1. The van der Waals surface area contributed by atoms with E-state index in [1.807, 2.05) is 0 Å². The summed E-state index contributed by atoms with van der Waals surface area (Å²) in [6, 6.07) is 7.77. The Bertz CT molecular complexity index is 1290. The summed E-state index contributed by atoms with van der Waals surface area (Å²) < 4.78 is 80.2. The van der Waals surface area contributed by atoms with Crippen LogP contribution in [0.25, 0.3) is 16.9 Å². The second kappa shape index (κ2) is 7.43. The Morgan fingerprint density at radius 3 is 2.19 bits per heavy atom. The molecule has 10 heteroatoms. The monoisotopic (exact) mass is 432 g/mol. The molecule has 0 radical (unpaired) electrons. The lowest BCUT2D eigenvalue weighted by atomic mass is 10.1. The zero-order valence-corrected chi connectivity index (χ0v) is 15.3. The molecule has 0 unspecified atom stereocenters. The van der Waals surface area contributed by atoms with E-state index >= 15 is 0 Å². The molecule has 3 aromatic heterocycles. The molecule has 4 rings (SSSR count). The number of fused-ring (bicyclic) bond motifs is 1. The molecule has 0 spiro atoms. The van der Waals surface area contributed by atoms with Crippen LogP contribution in [0.3, 0.4) is 0 Å². The summed E-state index contributed by atoms with van der Waals surface area (Å²) in [5, 5.41) is 4.14. The third-order valence-electron chi connectivity index (χ3n) is 4.28. The molecule has 0 saturated heterocycles. The maximum atomic E-state index is 13.6. The number of pyridine rings is 1. The van der Waals surface area contributed by atoms with E-state index in [1.165, 1.54) is 6.20 Å². The molecule has 156 valence electrons. The van der Waals surface area contributed by atoms with Gasteiger partial charge in [-0.05, 0) is 36.3 Å². The Morgan fingerprint density at radius 1 is 0.839 bits per heavy atom. The van der Waals surface area contributed by atoms with Crippen molar-refractivity contribution >= 4 is 5.65 Å². The Kier molecular flexibility index (Phi) is 4.89. The highest BCUT2D eigenvalue weighted by Crippen LogP contribution is 2.35. The van der Waals surface area contributed by atoms with Crippen LogP contribution < -0.4 is 0 Å². The maximum Gasteiger partial charge on any atom is 0.420 e. The van der Waals surface area contributed by atoms with Crippen LogP contribution in [-0.4, -0.2) is 19.6 Å². The molecule has 3 heterocycles. The van der Waals surface area contributed by atoms with Gasteiger partial charge in [-0.15, -0.1) is 0 Å². The Labute approximate surface area is 171 Å². The first-order valence-corrected chi connectivity index (χ1v) is 8.68. The lowest BCUT2D eigenvalue weighted by molar-refractivity contribution is -0.138. The standard InChI is InChI=1S/C21H10F6N4/c22-20(23,24)15-6-4-14(5-7-15)18-10-17(21(25,26)27)19-29-12-16(31(19)30-18)8-3-13-2-1-9-28-11-13/h1-2,4-7,9-12H. The zero-order valence-electron chi connectivity index (χ0n) is 15.3. The van der Waals surface area contributed by atoms with Crippen molar-refractivity contribution in [2.24, 2.45) is 0 Å². The molecule has 0 saturated carbocycles. The highest BCUT2D eigenvalue weighted by molar-refractivity contribution is 5.65. The highest BCUT2D eigenvalue weighted by Gasteiger charge is 2.35. The average molecular weight is 432 g/mol. The van der Waals surface area contributed by atoms with Gasteiger partial charge in [0.05, 0.1) is 17.5 Å². The van der Waals surface area contributed by atoms with Crippen molar-refractivity contribution in [3.05, 3.63) is 83.4 Å². The van der Waals surface area contributed by atoms with Crippen molar-refractivity contribution in [3.8, 4) is 23.1 Å². The maximum absolute atomic E-state index is 13.6. The fourth-order valence-electron chi connectivity index (χ4n) is 2.81. The summed E-state index contributed by atoms with van der Waals surface area (Å²) in [5.41, 5.74) is -1.92. The molecule has 0 aliphatic rings. The van der Waals surface area contributed by atoms with E-state index in [9.17, 15) is 26.3 Å². The van der Waals surface area contributed by atoms with Gasteiger partial charge in [-0.2, -0.15) is 31.4 Å². The van der Waals surface area contributed by atoms with Crippen molar-refractivity contribution in [3.63, 3.8) is 0 Å². The second-order valence-corrected chi connectivity index (χ2v) is 6.39. The predicted octanol–water partition coefficient (Wildman–Crippen LogP) is 5.23. The number of nitrogens with zero attached hydrogens (tertiary/aromatic N) is 4. The van der Waals surface area contributed by atoms with E-state index in [0.29, 0.717) is 5.56 Å². The molecule has 4 aromatic rings.